The van der Waals surface area contributed by atoms with E-state index in [9.17, 15) is 9.59 Å². The zero-order valence-corrected chi connectivity index (χ0v) is 34.6. The highest BCUT2D eigenvalue weighted by atomic mass is 31.2. The number of carbonyl (C=O) groups excluding carboxylic acids is 1. The van der Waals surface area contributed by atoms with E-state index in [1.165, 1.54) is 30.9 Å². The number of hydrogen-bond acceptors (Lipinski definition) is 11. The molecule has 1 aliphatic heterocycles. The van der Waals surface area contributed by atoms with Crippen molar-refractivity contribution in [2.24, 2.45) is 0 Å². The van der Waals surface area contributed by atoms with Crippen LogP contribution in [0.15, 0.2) is 95.9 Å². The predicted molar refractivity (Wildman–Crippen MR) is 217 cm³/mol. The molecule has 14 nitrogen and oxygen atoms in total. The zero-order chi connectivity index (χ0) is 41.1. The number of nitrogens with one attached hydrogen (secondary N) is 1. The number of aromatic nitrogens is 2. The van der Waals surface area contributed by atoms with Gasteiger partial charge in [0.25, 0.3) is 8.53 Å². The molecule has 1 aliphatic rings. The summed E-state index contributed by atoms with van der Waals surface area (Å²) in [7, 11) is 2.98. The van der Waals surface area contributed by atoms with Crippen molar-refractivity contribution in [3.8, 4) is 11.5 Å². The van der Waals surface area contributed by atoms with Crippen LogP contribution < -0.4 is 20.5 Å². The summed E-state index contributed by atoms with van der Waals surface area (Å²) in [6.07, 6.45) is -2.05. The molecule has 5 atom stereocenters. The average Bonchev–Trinajstić information content (AvgIpc) is 3.54. The highest BCUT2D eigenvalue weighted by Gasteiger charge is 2.51. The maximum absolute atomic E-state index is 13.6. The van der Waals surface area contributed by atoms with Crippen molar-refractivity contribution in [1.82, 2.24) is 14.2 Å². The minimum atomic E-state index is -1.78. The Morgan fingerprint density at radius 2 is 1.49 bits per heavy atom. The lowest BCUT2D eigenvalue weighted by atomic mass is 9.80. The molecule has 3 aromatic carbocycles. The van der Waals surface area contributed by atoms with E-state index in [1.807, 2.05) is 78.9 Å². The lowest BCUT2D eigenvalue weighted by Gasteiger charge is -2.39. The maximum atomic E-state index is 13.6. The van der Waals surface area contributed by atoms with Crippen LogP contribution in [0.2, 0.25) is 0 Å². The summed E-state index contributed by atoms with van der Waals surface area (Å²) in [6, 6.07) is 26.9. The first kappa shape index (κ1) is 43.4. The first-order valence-corrected chi connectivity index (χ1v) is 19.8. The molecule has 2 heterocycles. The highest BCUT2D eigenvalue weighted by Crippen LogP contribution is 2.51. The van der Waals surface area contributed by atoms with E-state index < -0.39 is 44.4 Å². The number of carbonyl (C=O) groups is 1. The minimum absolute atomic E-state index is 0.0156. The Kier molecular flexibility index (Phi) is 15.3. The van der Waals surface area contributed by atoms with Gasteiger partial charge in [0.2, 0.25) is 12.5 Å². The lowest BCUT2D eigenvalue weighted by Crippen LogP contribution is -2.43. The zero-order valence-electron chi connectivity index (χ0n) is 33.7. The van der Waals surface area contributed by atoms with Crippen molar-refractivity contribution in [1.29, 1.82) is 0 Å². The first-order chi connectivity index (χ1) is 27.5. The summed E-state index contributed by atoms with van der Waals surface area (Å²) in [4.78, 5) is 32.9. The summed E-state index contributed by atoms with van der Waals surface area (Å²) in [5.74, 6) is 1.11. The molecule has 1 amide bonds. The molecule has 1 saturated heterocycles. The molecule has 1 aromatic heterocycles. The topological polar surface area (TPSA) is 136 Å². The van der Waals surface area contributed by atoms with Gasteiger partial charge in [0.1, 0.15) is 47.8 Å². The van der Waals surface area contributed by atoms with Crippen molar-refractivity contribution < 1.29 is 37.5 Å². The fourth-order valence-electron chi connectivity index (χ4n) is 6.98. The van der Waals surface area contributed by atoms with Crippen molar-refractivity contribution >= 4 is 20.3 Å². The molecular formula is C42H52N5O9P. The Balaban J connectivity index is 1.65. The van der Waals surface area contributed by atoms with Gasteiger partial charge in [-0.2, -0.15) is 4.98 Å². The van der Waals surface area contributed by atoms with E-state index >= 15 is 0 Å². The van der Waals surface area contributed by atoms with Crippen molar-refractivity contribution in [2.45, 2.75) is 76.8 Å². The standard InChI is InChI=1S/C42H52N5O9P/c1-28(2)47(29(3)4)57(54-26-24-43-6)56-38-36(55-40(39(38)52-9)46-25-23-37(44-30(5)48)45-41(46)49)27-53-42(31-13-11-10-12-14-31,32-15-19-34(50-7)20-16-32)33-17-21-35(51-8)22-18-33/h10-23,25,28-29,36,38-40H,24,26-27H2,1-5,7-9H3,(H,44,45,48,49)/t36-,38+,39?,40-,57?/m1/s1. The Morgan fingerprint density at radius 3 is 1.98 bits per heavy atom. The van der Waals surface area contributed by atoms with E-state index in [0.717, 1.165) is 16.7 Å². The van der Waals surface area contributed by atoms with E-state index in [4.69, 9.17) is 39.3 Å². The Hall–Kier alpha value is -4.71. The molecule has 0 aliphatic carbocycles. The summed E-state index contributed by atoms with van der Waals surface area (Å²) in [5.41, 5.74) is 0.635. The summed E-state index contributed by atoms with van der Waals surface area (Å²) >= 11 is 0. The van der Waals surface area contributed by atoms with E-state index in [0.29, 0.717) is 11.5 Å². The SMILES string of the molecule is [C-]#[N+]CCOP(O[C@@H]1C(OC)[C@H](n2ccc(NC(C)=O)nc2=O)O[C@@H]1COC(c1ccccc1)(c1ccc(OC)cc1)c1ccc(OC)cc1)N(C(C)C)C(C)C. The lowest BCUT2D eigenvalue weighted by molar-refractivity contribution is -0.114. The maximum Gasteiger partial charge on any atom is 0.351 e. The minimum Gasteiger partial charge on any atom is -0.497 e. The Labute approximate surface area is 335 Å². The second-order valence-electron chi connectivity index (χ2n) is 13.9. The van der Waals surface area contributed by atoms with Crippen molar-refractivity contribution in [3.05, 3.63) is 130 Å². The quantitative estimate of drug-likeness (QED) is 0.0464. The van der Waals surface area contributed by atoms with Gasteiger partial charge < -0.3 is 42.9 Å². The first-order valence-electron chi connectivity index (χ1n) is 18.7. The van der Waals surface area contributed by atoms with Crippen LogP contribution in [0.5, 0.6) is 11.5 Å². The van der Waals surface area contributed by atoms with Gasteiger partial charge in [0, 0.05) is 32.3 Å². The molecule has 0 radical (unpaired) electrons. The molecule has 4 aromatic rings. The third-order valence-electron chi connectivity index (χ3n) is 9.47. The number of rotatable bonds is 19. The molecular weight excluding hydrogens is 749 g/mol. The van der Waals surface area contributed by atoms with Crippen LogP contribution in [-0.2, 0) is 33.7 Å². The number of benzene rings is 3. The van der Waals surface area contributed by atoms with Gasteiger partial charge >= 0.3 is 5.69 Å². The van der Waals surface area contributed by atoms with Gasteiger partial charge in [0.15, 0.2) is 6.23 Å². The number of ether oxygens (including phenoxy) is 5. The van der Waals surface area contributed by atoms with Crippen LogP contribution in [0, 0.1) is 6.57 Å². The largest absolute Gasteiger partial charge is 0.497 e. The molecule has 5 rings (SSSR count). The third kappa shape index (κ3) is 10.1. The van der Waals surface area contributed by atoms with Crippen molar-refractivity contribution in [3.63, 3.8) is 0 Å². The average molecular weight is 802 g/mol. The van der Waals surface area contributed by atoms with Crippen molar-refractivity contribution in [2.75, 3.05) is 46.4 Å². The fourth-order valence-corrected chi connectivity index (χ4v) is 8.73. The van der Waals surface area contributed by atoms with E-state index in [2.05, 4.69) is 47.5 Å². The molecule has 1 N–H and O–H groups in total. The Morgan fingerprint density at radius 1 is 0.912 bits per heavy atom. The third-order valence-corrected chi connectivity index (χ3v) is 11.6. The second-order valence-corrected chi connectivity index (χ2v) is 15.3. The van der Waals surface area contributed by atoms with Gasteiger partial charge in [-0.3, -0.25) is 9.36 Å². The summed E-state index contributed by atoms with van der Waals surface area (Å²) in [5, 5.41) is 2.55. The highest BCUT2D eigenvalue weighted by molar-refractivity contribution is 7.44. The van der Waals surface area contributed by atoms with Gasteiger partial charge in [0.05, 0.1) is 20.8 Å². The van der Waals surface area contributed by atoms with Crippen LogP contribution in [0.1, 0.15) is 57.5 Å². The number of anilines is 1. The molecule has 0 saturated carbocycles. The smallest absolute Gasteiger partial charge is 0.351 e. The Bertz CT molecular complexity index is 1930. The van der Waals surface area contributed by atoms with E-state index in [-0.39, 0.29) is 43.6 Å². The van der Waals surface area contributed by atoms with Crippen LogP contribution in [0.4, 0.5) is 5.82 Å². The molecule has 0 spiro atoms. The molecule has 2 unspecified atom stereocenters. The number of methoxy groups -OCH3 is 3. The fraction of sp³-hybridized carbons (Fsp3) is 0.429. The number of nitrogens with zero attached hydrogens (tertiary/aromatic N) is 4. The monoisotopic (exact) mass is 801 g/mol. The number of amides is 1. The van der Waals surface area contributed by atoms with Gasteiger partial charge in [-0.25, -0.2) is 16.0 Å². The molecule has 304 valence electrons. The predicted octanol–water partition coefficient (Wildman–Crippen LogP) is 6.81. The van der Waals surface area contributed by atoms with Crippen LogP contribution in [0.25, 0.3) is 4.85 Å². The molecule has 1 fully saturated rings. The van der Waals surface area contributed by atoms with Crippen LogP contribution in [-0.4, -0.2) is 91.6 Å². The van der Waals surface area contributed by atoms with Gasteiger partial charge in [-0.05, 0) is 74.7 Å². The molecule has 15 heteroatoms. The molecule has 57 heavy (non-hydrogen) atoms. The normalized spacial score (nSPS) is 18.8. The van der Waals surface area contributed by atoms with Gasteiger partial charge in [-0.15, -0.1) is 0 Å². The summed E-state index contributed by atoms with van der Waals surface area (Å²) in [6.45, 7) is 17.2. The van der Waals surface area contributed by atoms with Crippen LogP contribution >= 0.6 is 8.53 Å². The van der Waals surface area contributed by atoms with Gasteiger partial charge in [-0.1, -0.05) is 54.6 Å². The van der Waals surface area contributed by atoms with E-state index in [1.54, 1.807) is 14.2 Å². The molecule has 0 bridgehead atoms. The second kappa shape index (κ2) is 20.1. The summed E-state index contributed by atoms with van der Waals surface area (Å²) < 4.78 is 48.0. The van der Waals surface area contributed by atoms with Crippen LogP contribution in [0.3, 0.4) is 0 Å². The number of hydrogen-bond donors (Lipinski definition) is 1.